The van der Waals surface area contributed by atoms with Crippen LogP contribution in [-0.4, -0.2) is 79.9 Å². The van der Waals surface area contributed by atoms with Crippen molar-refractivity contribution in [3.8, 4) is 0 Å². The van der Waals surface area contributed by atoms with Gasteiger partial charge in [-0.05, 0) is 0 Å². The van der Waals surface area contributed by atoms with E-state index < -0.39 is 78.6 Å². The Morgan fingerprint density at radius 3 is 2.00 bits per heavy atom. The average Bonchev–Trinajstić information content (AvgIpc) is 2.68. The van der Waals surface area contributed by atoms with Gasteiger partial charge in [-0.1, -0.05) is 0 Å². The van der Waals surface area contributed by atoms with Crippen LogP contribution < -0.4 is 5.32 Å². The summed E-state index contributed by atoms with van der Waals surface area (Å²) < 4.78 is 30.9. The van der Waals surface area contributed by atoms with Gasteiger partial charge in [-0.2, -0.15) is 0 Å². The van der Waals surface area contributed by atoms with E-state index in [2.05, 4.69) is 10.1 Å². The second-order valence-corrected chi connectivity index (χ2v) is 6.93. The average molecular weight is 473 g/mol. The van der Waals surface area contributed by atoms with Crippen LogP contribution in [0.3, 0.4) is 0 Å². The molecule has 1 heterocycles. The second-order valence-electron chi connectivity index (χ2n) is 6.93. The number of nitrogens with one attached hydrogen (secondary N) is 1. The van der Waals surface area contributed by atoms with Crippen molar-refractivity contribution in [2.24, 2.45) is 0 Å². The number of methoxy groups -OCH3 is 1. The lowest BCUT2D eigenvalue weighted by Gasteiger charge is -2.41. The Bertz CT molecular complexity index is 820. The smallest absolute Gasteiger partial charge is 0.373 e. The third kappa shape index (κ3) is 8.79. The van der Waals surface area contributed by atoms with Crippen molar-refractivity contribution in [3.05, 3.63) is 11.8 Å². The maximum Gasteiger partial charge on any atom is 0.373 e. The van der Waals surface area contributed by atoms with Gasteiger partial charge in [0.25, 0.3) is 0 Å². The Labute approximate surface area is 189 Å². The molecule has 184 valence electrons. The number of carbonyl (C=O) groups is 6. The molecule has 1 aliphatic heterocycles. The summed E-state index contributed by atoms with van der Waals surface area (Å²) >= 11 is 0. The minimum atomic E-state index is -1.52. The van der Waals surface area contributed by atoms with Crippen LogP contribution in [0, 0.1) is 0 Å². The maximum atomic E-state index is 12.2. The molecule has 5 atom stereocenters. The summed E-state index contributed by atoms with van der Waals surface area (Å²) in [5.41, 5.74) is 0. The third-order valence-electron chi connectivity index (χ3n) is 4.11. The summed E-state index contributed by atoms with van der Waals surface area (Å²) in [7, 11) is 1.08. The molecule has 0 aliphatic carbocycles. The van der Waals surface area contributed by atoms with Gasteiger partial charge in [0.2, 0.25) is 11.7 Å². The SMILES string of the molecule is COC(=O)C1=C[C@H](OC(C)=O)[C@@H](NC(C)=O)[C@H]([C@@H](OC(C)=O)[C@@H](COC(C)=O)OC(C)=O)O1. The molecule has 0 aromatic carbocycles. The van der Waals surface area contributed by atoms with Crippen LogP contribution in [0.2, 0.25) is 0 Å². The number of ether oxygens (including phenoxy) is 6. The molecule has 0 fully saturated rings. The number of rotatable bonds is 9. The molecule has 0 saturated carbocycles. The molecule has 1 amide bonds. The standard InChI is InChI=1S/C20H27NO12/c1-9(22)21-17-14(30-11(3)24)7-15(20(27)28-6)33-19(17)18(32-13(5)26)16(31-12(4)25)8-29-10(2)23/h7,14,16-19H,8H2,1-6H3,(H,21,22)/t14-,16+,17+,18-,19+/m0/s1. The maximum absolute atomic E-state index is 12.2. The van der Waals surface area contributed by atoms with E-state index in [-0.39, 0.29) is 0 Å². The van der Waals surface area contributed by atoms with Crippen molar-refractivity contribution in [3.63, 3.8) is 0 Å². The van der Waals surface area contributed by atoms with E-state index in [4.69, 9.17) is 23.7 Å². The first-order valence-corrected chi connectivity index (χ1v) is 9.74. The molecule has 1 aliphatic rings. The highest BCUT2D eigenvalue weighted by Gasteiger charge is 2.49. The zero-order chi connectivity index (χ0) is 25.3. The van der Waals surface area contributed by atoms with Crippen LogP contribution in [0.4, 0.5) is 0 Å². The van der Waals surface area contributed by atoms with Crippen LogP contribution in [-0.2, 0) is 57.2 Å². The van der Waals surface area contributed by atoms with E-state index in [0.29, 0.717) is 0 Å². The minimum absolute atomic E-state index is 0.415. The Balaban J connectivity index is 3.58. The Morgan fingerprint density at radius 1 is 0.939 bits per heavy atom. The van der Waals surface area contributed by atoms with Crippen molar-refractivity contribution < 1.29 is 57.2 Å². The summed E-state index contributed by atoms with van der Waals surface area (Å²) in [6, 6.07) is -1.21. The second kappa shape index (κ2) is 12.4. The van der Waals surface area contributed by atoms with Crippen molar-refractivity contribution in [1.82, 2.24) is 5.32 Å². The van der Waals surface area contributed by atoms with E-state index in [1.807, 2.05) is 0 Å². The summed E-state index contributed by atoms with van der Waals surface area (Å²) in [5.74, 6) is -5.07. The van der Waals surface area contributed by atoms with Crippen LogP contribution in [0.15, 0.2) is 11.8 Å². The molecule has 0 aromatic rings. The van der Waals surface area contributed by atoms with Gasteiger partial charge in [0.05, 0.1) is 7.11 Å². The highest BCUT2D eigenvalue weighted by atomic mass is 16.6. The molecule has 0 spiro atoms. The first kappa shape index (κ1) is 27.4. The van der Waals surface area contributed by atoms with Gasteiger partial charge >= 0.3 is 29.8 Å². The predicted molar refractivity (Wildman–Crippen MR) is 106 cm³/mol. The Morgan fingerprint density at radius 2 is 1.55 bits per heavy atom. The Kier molecular flexibility index (Phi) is 10.3. The lowest BCUT2D eigenvalue weighted by atomic mass is 9.93. The monoisotopic (exact) mass is 473 g/mol. The van der Waals surface area contributed by atoms with E-state index in [0.717, 1.165) is 40.9 Å². The normalized spacial score (nSPS) is 21.2. The molecule has 1 rings (SSSR count). The van der Waals surface area contributed by atoms with Gasteiger partial charge in [-0.15, -0.1) is 0 Å². The van der Waals surface area contributed by atoms with Gasteiger partial charge in [0.15, 0.2) is 18.3 Å². The third-order valence-corrected chi connectivity index (χ3v) is 4.11. The zero-order valence-electron chi connectivity index (χ0n) is 19.1. The molecule has 13 nitrogen and oxygen atoms in total. The largest absolute Gasteiger partial charge is 0.477 e. The van der Waals surface area contributed by atoms with E-state index >= 15 is 0 Å². The van der Waals surface area contributed by atoms with Crippen LogP contribution in [0.25, 0.3) is 0 Å². The zero-order valence-corrected chi connectivity index (χ0v) is 19.1. The summed E-state index contributed by atoms with van der Waals surface area (Å²) in [5, 5.41) is 2.51. The molecule has 0 unspecified atom stereocenters. The molecular formula is C20H27NO12. The van der Waals surface area contributed by atoms with Crippen LogP contribution >= 0.6 is 0 Å². The quantitative estimate of drug-likeness (QED) is 0.331. The molecule has 0 aromatic heterocycles. The fourth-order valence-electron chi connectivity index (χ4n) is 3.04. The summed E-state index contributed by atoms with van der Waals surface area (Å²) in [4.78, 5) is 70.6. The first-order chi connectivity index (χ1) is 15.3. The van der Waals surface area contributed by atoms with Crippen molar-refractivity contribution in [1.29, 1.82) is 0 Å². The lowest BCUT2D eigenvalue weighted by Crippen LogP contribution is -2.62. The number of hydrogen-bond donors (Lipinski definition) is 1. The molecule has 13 heteroatoms. The number of esters is 5. The molecule has 1 N–H and O–H groups in total. The first-order valence-electron chi connectivity index (χ1n) is 9.74. The van der Waals surface area contributed by atoms with Crippen LogP contribution in [0.5, 0.6) is 0 Å². The molecule has 0 saturated heterocycles. The number of amides is 1. The highest BCUT2D eigenvalue weighted by molar-refractivity contribution is 5.86. The van der Waals surface area contributed by atoms with Crippen molar-refractivity contribution in [2.75, 3.05) is 13.7 Å². The topological polar surface area (TPSA) is 170 Å². The summed E-state index contributed by atoms with van der Waals surface area (Å²) in [6.45, 7) is 4.96. The number of carbonyl (C=O) groups excluding carboxylic acids is 6. The van der Waals surface area contributed by atoms with Gasteiger partial charge in [-0.3, -0.25) is 24.0 Å². The predicted octanol–water partition coefficient (Wildman–Crippen LogP) is -0.695. The molecule has 0 bridgehead atoms. The van der Waals surface area contributed by atoms with Crippen LogP contribution in [0.1, 0.15) is 34.6 Å². The molecular weight excluding hydrogens is 446 g/mol. The summed E-state index contributed by atoms with van der Waals surface area (Å²) in [6.07, 6.45) is -4.52. The Hall–Kier alpha value is -3.64. The van der Waals surface area contributed by atoms with Gasteiger partial charge < -0.3 is 33.7 Å². The minimum Gasteiger partial charge on any atom is -0.477 e. The van der Waals surface area contributed by atoms with Crippen molar-refractivity contribution in [2.45, 2.75) is 65.1 Å². The van der Waals surface area contributed by atoms with Gasteiger partial charge in [0, 0.05) is 40.7 Å². The number of hydrogen-bond acceptors (Lipinski definition) is 12. The highest BCUT2D eigenvalue weighted by Crippen LogP contribution is 2.28. The van der Waals surface area contributed by atoms with Gasteiger partial charge in [0.1, 0.15) is 18.8 Å². The molecule has 0 radical (unpaired) electrons. The fraction of sp³-hybridized carbons (Fsp3) is 0.600. The van der Waals surface area contributed by atoms with E-state index in [1.54, 1.807) is 0 Å². The van der Waals surface area contributed by atoms with E-state index in [1.165, 1.54) is 6.92 Å². The molecule has 33 heavy (non-hydrogen) atoms. The fourth-order valence-corrected chi connectivity index (χ4v) is 3.04. The van der Waals surface area contributed by atoms with E-state index in [9.17, 15) is 28.8 Å². The van der Waals surface area contributed by atoms with Crippen molar-refractivity contribution >= 4 is 35.8 Å². The lowest BCUT2D eigenvalue weighted by molar-refractivity contribution is -0.191. The van der Waals surface area contributed by atoms with Gasteiger partial charge in [-0.25, -0.2) is 4.79 Å².